The van der Waals surface area contributed by atoms with Crippen LogP contribution in [0.25, 0.3) is 0 Å². The summed E-state index contributed by atoms with van der Waals surface area (Å²) in [5.41, 5.74) is 1.49. The lowest BCUT2D eigenvalue weighted by atomic mass is 10.0. The van der Waals surface area contributed by atoms with E-state index in [1.165, 1.54) is 13.0 Å². The van der Waals surface area contributed by atoms with Crippen LogP contribution >= 0.6 is 0 Å². The topological polar surface area (TPSA) is 60.2 Å². The second-order valence-corrected chi connectivity index (χ2v) is 3.22. The average Bonchev–Trinajstić information content (AvgIpc) is 2.08. The van der Waals surface area contributed by atoms with Crippen molar-refractivity contribution in [2.75, 3.05) is 0 Å². The van der Waals surface area contributed by atoms with Crippen LogP contribution in [0, 0.1) is 24.0 Å². The Morgan fingerprint density at radius 1 is 1.36 bits per heavy atom. The van der Waals surface area contributed by atoms with E-state index in [1.54, 1.807) is 19.9 Å². The number of aryl methyl sites for hydroxylation is 1. The highest BCUT2D eigenvalue weighted by molar-refractivity contribution is 5.98. The number of rotatable bonds is 2. The summed E-state index contributed by atoms with van der Waals surface area (Å²) < 4.78 is 0. The first-order valence-corrected chi connectivity index (χ1v) is 4.20. The lowest BCUT2D eigenvalue weighted by Crippen LogP contribution is -2.03. The van der Waals surface area contributed by atoms with E-state index in [9.17, 15) is 14.9 Å². The Kier molecular flexibility index (Phi) is 2.65. The molecule has 0 aliphatic carbocycles. The second-order valence-electron chi connectivity index (χ2n) is 3.22. The fraction of sp³-hybridized carbons (Fsp3) is 0.300. The molecule has 0 heterocycles. The molecule has 14 heavy (non-hydrogen) atoms. The van der Waals surface area contributed by atoms with Crippen LogP contribution in [0.15, 0.2) is 12.1 Å². The zero-order chi connectivity index (χ0) is 10.9. The van der Waals surface area contributed by atoms with Crippen LogP contribution in [-0.2, 0) is 0 Å². The van der Waals surface area contributed by atoms with Crippen molar-refractivity contribution < 1.29 is 9.72 Å². The molecule has 0 aliphatic heterocycles. The van der Waals surface area contributed by atoms with Gasteiger partial charge in [0.05, 0.1) is 10.5 Å². The van der Waals surface area contributed by atoms with Crippen LogP contribution in [-0.4, -0.2) is 10.7 Å². The lowest BCUT2D eigenvalue weighted by Gasteiger charge is -2.04. The Hall–Kier alpha value is -1.71. The molecule has 0 saturated heterocycles. The van der Waals surface area contributed by atoms with Gasteiger partial charge in [-0.05, 0) is 32.4 Å². The van der Waals surface area contributed by atoms with Crippen molar-refractivity contribution in [1.29, 1.82) is 0 Å². The summed E-state index contributed by atoms with van der Waals surface area (Å²) in [5, 5.41) is 10.8. The van der Waals surface area contributed by atoms with Gasteiger partial charge in [-0.2, -0.15) is 0 Å². The first-order chi connectivity index (χ1) is 6.45. The molecule has 0 radical (unpaired) electrons. The predicted molar refractivity (Wildman–Crippen MR) is 52.6 cm³/mol. The second kappa shape index (κ2) is 3.57. The van der Waals surface area contributed by atoms with E-state index in [4.69, 9.17) is 0 Å². The van der Waals surface area contributed by atoms with Crippen molar-refractivity contribution in [3.8, 4) is 0 Å². The molecule has 0 atom stereocenters. The van der Waals surface area contributed by atoms with Crippen molar-refractivity contribution in [2.45, 2.75) is 20.8 Å². The molecule has 0 saturated carbocycles. The van der Waals surface area contributed by atoms with E-state index in [-0.39, 0.29) is 17.0 Å². The van der Waals surface area contributed by atoms with E-state index in [0.29, 0.717) is 5.56 Å². The number of carbonyl (C=O) groups excluding carboxylic acids is 1. The Morgan fingerprint density at radius 3 is 2.36 bits per heavy atom. The molecule has 0 spiro atoms. The van der Waals surface area contributed by atoms with E-state index in [2.05, 4.69) is 0 Å². The fourth-order valence-corrected chi connectivity index (χ4v) is 1.32. The van der Waals surface area contributed by atoms with E-state index < -0.39 is 4.92 Å². The zero-order valence-electron chi connectivity index (χ0n) is 8.33. The number of Topliss-reactive ketones (excluding diaryl/α,β-unsaturated/α-hetero) is 1. The molecule has 1 aromatic rings. The third kappa shape index (κ3) is 1.64. The standard InChI is InChI=1S/C10H11NO3/c1-6-4-5-9(8(3)12)10(7(6)2)11(13)14/h4-5H,1-3H3. The average molecular weight is 193 g/mol. The molecule has 74 valence electrons. The Labute approximate surface area is 81.7 Å². The van der Waals surface area contributed by atoms with Crippen LogP contribution in [0.4, 0.5) is 5.69 Å². The van der Waals surface area contributed by atoms with Crippen LogP contribution in [0.5, 0.6) is 0 Å². The van der Waals surface area contributed by atoms with Gasteiger partial charge in [0.1, 0.15) is 0 Å². The number of hydrogen-bond acceptors (Lipinski definition) is 3. The minimum absolute atomic E-state index is 0.0718. The van der Waals surface area contributed by atoms with Crippen LogP contribution < -0.4 is 0 Å². The molecule has 1 aromatic carbocycles. The van der Waals surface area contributed by atoms with Crippen molar-refractivity contribution in [1.82, 2.24) is 0 Å². The summed E-state index contributed by atoms with van der Waals surface area (Å²) in [6.45, 7) is 4.77. The lowest BCUT2D eigenvalue weighted by molar-refractivity contribution is -0.385. The van der Waals surface area contributed by atoms with Gasteiger partial charge in [-0.25, -0.2) is 0 Å². The number of carbonyl (C=O) groups is 1. The smallest absolute Gasteiger partial charge is 0.283 e. The summed E-state index contributed by atoms with van der Waals surface area (Å²) >= 11 is 0. The minimum atomic E-state index is -0.501. The maximum absolute atomic E-state index is 11.1. The molecule has 0 aromatic heterocycles. The van der Waals surface area contributed by atoms with Gasteiger partial charge in [-0.1, -0.05) is 6.07 Å². The molecule has 0 N–H and O–H groups in total. The summed E-state index contributed by atoms with van der Waals surface area (Å²) in [7, 11) is 0. The number of nitro groups is 1. The third-order valence-electron chi connectivity index (χ3n) is 2.26. The van der Waals surface area contributed by atoms with Crippen LogP contribution in [0.1, 0.15) is 28.4 Å². The number of nitro benzene ring substituents is 1. The van der Waals surface area contributed by atoms with Gasteiger partial charge >= 0.3 is 0 Å². The maximum Gasteiger partial charge on any atom is 0.283 e. The molecule has 4 heteroatoms. The SMILES string of the molecule is CC(=O)c1ccc(C)c(C)c1[N+](=O)[O-]. The number of benzene rings is 1. The van der Waals surface area contributed by atoms with Crippen LogP contribution in [0.2, 0.25) is 0 Å². The first-order valence-electron chi connectivity index (χ1n) is 4.20. The summed E-state index contributed by atoms with van der Waals surface area (Å²) in [6.07, 6.45) is 0. The Balaban J connectivity index is 3.53. The van der Waals surface area contributed by atoms with E-state index in [0.717, 1.165) is 5.56 Å². The van der Waals surface area contributed by atoms with Gasteiger partial charge < -0.3 is 0 Å². The fourth-order valence-electron chi connectivity index (χ4n) is 1.32. The summed E-state index contributed by atoms with van der Waals surface area (Å²) in [6, 6.07) is 3.22. The zero-order valence-corrected chi connectivity index (χ0v) is 8.33. The van der Waals surface area contributed by atoms with Gasteiger partial charge in [0.2, 0.25) is 0 Å². The largest absolute Gasteiger partial charge is 0.294 e. The quantitative estimate of drug-likeness (QED) is 0.411. The van der Waals surface area contributed by atoms with Gasteiger partial charge in [0.25, 0.3) is 5.69 Å². The highest BCUT2D eigenvalue weighted by Gasteiger charge is 2.21. The molecule has 0 amide bonds. The van der Waals surface area contributed by atoms with E-state index in [1.807, 2.05) is 0 Å². The number of nitrogens with zero attached hydrogens (tertiary/aromatic N) is 1. The Morgan fingerprint density at radius 2 is 1.93 bits per heavy atom. The van der Waals surface area contributed by atoms with Crippen molar-refractivity contribution in [3.05, 3.63) is 38.9 Å². The highest BCUT2D eigenvalue weighted by atomic mass is 16.6. The first kappa shape index (κ1) is 10.4. The molecular weight excluding hydrogens is 182 g/mol. The summed E-state index contributed by atoms with van der Waals surface area (Å²) in [4.78, 5) is 21.4. The maximum atomic E-state index is 11.1. The summed E-state index contributed by atoms with van der Waals surface area (Å²) in [5.74, 6) is -0.278. The Bertz CT molecular complexity index is 410. The van der Waals surface area contributed by atoms with Gasteiger partial charge in [0, 0.05) is 5.56 Å². The van der Waals surface area contributed by atoms with Gasteiger partial charge in [-0.15, -0.1) is 0 Å². The highest BCUT2D eigenvalue weighted by Crippen LogP contribution is 2.26. The number of hydrogen-bond donors (Lipinski definition) is 0. The van der Waals surface area contributed by atoms with Gasteiger partial charge in [-0.3, -0.25) is 14.9 Å². The van der Waals surface area contributed by atoms with Crippen molar-refractivity contribution >= 4 is 11.5 Å². The third-order valence-corrected chi connectivity index (χ3v) is 2.26. The van der Waals surface area contributed by atoms with Crippen LogP contribution in [0.3, 0.4) is 0 Å². The number of ketones is 1. The van der Waals surface area contributed by atoms with Gasteiger partial charge in [0.15, 0.2) is 5.78 Å². The van der Waals surface area contributed by atoms with Crippen molar-refractivity contribution in [3.63, 3.8) is 0 Å². The van der Waals surface area contributed by atoms with E-state index >= 15 is 0 Å². The minimum Gasteiger partial charge on any atom is -0.294 e. The molecule has 1 rings (SSSR count). The van der Waals surface area contributed by atoms with Crippen molar-refractivity contribution in [2.24, 2.45) is 0 Å². The molecular formula is C10H11NO3. The molecule has 4 nitrogen and oxygen atoms in total. The molecule has 0 fully saturated rings. The monoisotopic (exact) mass is 193 g/mol. The normalized spacial score (nSPS) is 9.93. The predicted octanol–water partition coefficient (Wildman–Crippen LogP) is 2.41. The molecule has 0 bridgehead atoms. The molecule has 0 aliphatic rings. The molecule has 0 unspecified atom stereocenters.